The van der Waals surface area contributed by atoms with Gasteiger partial charge in [-0.05, 0) is 43.3 Å². The van der Waals surface area contributed by atoms with Crippen molar-refractivity contribution in [3.8, 4) is 22.7 Å². The van der Waals surface area contributed by atoms with Crippen LogP contribution in [0.1, 0.15) is 15.2 Å². The summed E-state index contributed by atoms with van der Waals surface area (Å²) in [5.41, 5.74) is 1.13. The molecule has 2 heterocycles. The van der Waals surface area contributed by atoms with Gasteiger partial charge in [0.1, 0.15) is 24.1 Å². The second-order valence-corrected chi connectivity index (χ2v) is 7.78. The third-order valence-corrected chi connectivity index (χ3v) is 5.36. The van der Waals surface area contributed by atoms with Gasteiger partial charge in [-0.2, -0.15) is 13.9 Å². The number of nitro benzene ring substituents is 1. The lowest BCUT2D eigenvalue weighted by molar-refractivity contribution is -0.384. The molecule has 13 heteroatoms. The summed E-state index contributed by atoms with van der Waals surface area (Å²) >= 11 is 1.21. The third-order valence-electron chi connectivity index (χ3n) is 4.47. The third kappa shape index (κ3) is 4.82. The predicted octanol–water partition coefficient (Wildman–Crippen LogP) is 4.46. The van der Waals surface area contributed by atoms with E-state index in [1.54, 1.807) is 19.1 Å². The van der Waals surface area contributed by atoms with Gasteiger partial charge in [-0.25, -0.2) is 14.6 Å². The maximum atomic E-state index is 12.7. The second kappa shape index (κ2) is 9.08. The summed E-state index contributed by atoms with van der Waals surface area (Å²) in [4.78, 5) is 32.5. The molecule has 10 nitrogen and oxygen atoms in total. The Morgan fingerprint density at radius 2 is 2.00 bits per heavy atom. The zero-order valence-corrected chi connectivity index (χ0v) is 17.6. The van der Waals surface area contributed by atoms with Crippen molar-refractivity contribution in [3.63, 3.8) is 0 Å². The molecule has 0 atom stereocenters. The Morgan fingerprint density at radius 1 is 1.24 bits per heavy atom. The highest BCUT2D eigenvalue weighted by atomic mass is 32.1. The van der Waals surface area contributed by atoms with Crippen LogP contribution in [0.4, 0.5) is 19.6 Å². The number of carbonyl (C=O) groups is 1. The molecule has 0 aliphatic heterocycles. The van der Waals surface area contributed by atoms with Crippen molar-refractivity contribution in [1.82, 2.24) is 19.7 Å². The number of benzene rings is 2. The number of nitro groups is 1. The van der Waals surface area contributed by atoms with Crippen molar-refractivity contribution in [1.29, 1.82) is 0 Å². The van der Waals surface area contributed by atoms with E-state index in [-0.39, 0.29) is 27.8 Å². The number of rotatable bonds is 7. The molecule has 0 radical (unpaired) electrons. The number of nitrogens with zero attached hydrogens (tertiary/aromatic N) is 5. The highest BCUT2D eigenvalue weighted by Crippen LogP contribution is 2.32. The van der Waals surface area contributed by atoms with Crippen molar-refractivity contribution in [2.24, 2.45) is 0 Å². The maximum absolute atomic E-state index is 12.7. The average Bonchev–Trinajstić information content (AvgIpc) is 3.43. The number of ether oxygens (including phenoxy) is 1. The first kappa shape index (κ1) is 22.0. The van der Waals surface area contributed by atoms with Crippen molar-refractivity contribution in [3.05, 3.63) is 75.7 Å². The van der Waals surface area contributed by atoms with Crippen LogP contribution in [-0.4, -0.2) is 37.2 Å². The van der Waals surface area contributed by atoms with E-state index in [1.165, 1.54) is 52.9 Å². The van der Waals surface area contributed by atoms with Crippen molar-refractivity contribution >= 4 is 28.1 Å². The zero-order chi connectivity index (χ0) is 23.5. The number of amides is 1. The summed E-state index contributed by atoms with van der Waals surface area (Å²) in [6.07, 6.45) is 2.56. The van der Waals surface area contributed by atoms with Crippen LogP contribution in [0.5, 0.6) is 5.75 Å². The van der Waals surface area contributed by atoms with Crippen molar-refractivity contribution in [2.45, 2.75) is 13.5 Å². The Hall–Kier alpha value is -4.26. The van der Waals surface area contributed by atoms with Gasteiger partial charge in [0.15, 0.2) is 5.13 Å². The van der Waals surface area contributed by atoms with Gasteiger partial charge in [-0.3, -0.25) is 20.2 Å². The zero-order valence-electron chi connectivity index (χ0n) is 16.8. The molecule has 0 aliphatic carbocycles. The van der Waals surface area contributed by atoms with Crippen molar-refractivity contribution in [2.75, 3.05) is 5.32 Å². The molecule has 33 heavy (non-hydrogen) atoms. The van der Waals surface area contributed by atoms with Gasteiger partial charge in [-0.1, -0.05) is 0 Å². The Kier molecular flexibility index (Phi) is 6.04. The number of aryl methyl sites for hydroxylation is 1. The Morgan fingerprint density at radius 3 is 2.64 bits per heavy atom. The predicted molar refractivity (Wildman–Crippen MR) is 115 cm³/mol. The molecule has 1 amide bonds. The van der Waals surface area contributed by atoms with E-state index in [1.807, 2.05) is 0 Å². The number of halogens is 2. The SMILES string of the molecule is Cc1sc(NC(=O)c2ccc(-n3cncn3)c([N+](=O)[O-])c2)nc1-c1ccc(OC(F)F)cc1. The van der Waals surface area contributed by atoms with Crippen LogP contribution in [0.15, 0.2) is 55.1 Å². The first-order chi connectivity index (χ1) is 15.8. The fourth-order valence-corrected chi connectivity index (χ4v) is 3.85. The molecule has 2 aromatic heterocycles. The number of carbonyl (C=O) groups excluding carboxylic acids is 1. The fourth-order valence-electron chi connectivity index (χ4n) is 3.02. The first-order valence-electron chi connectivity index (χ1n) is 9.29. The molecule has 0 spiro atoms. The molecule has 0 unspecified atom stereocenters. The second-order valence-electron chi connectivity index (χ2n) is 6.58. The number of hydrogen-bond acceptors (Lipinski definition) is 8. The summed E-state index contributed by atoms with van der Waals surface area (Å²) in [6, 6.07) is 9.94. The van der Waals surface area contributed by atoms with Crippen LogP contribution < -0.4 is 10.1 Å². The van der Waals surface area contributed by atoms with Crippen LogP contribution >= 0.6 is 11.3 Å². The van der Waals surface area contributed by atoms with Gasteiger partial charge < -0.3 is 4.74 Å². The lowest BCUT2D eigenvalue weighted by atomic mass is 10.1. The molecule has 4 rings (SSSR count). The molecule has 2 aromatic carbocycles. The monoisotopic (exact) mass is 472 g/mol. The van der Waals surface area contributed by atoms with Crippen LogP contribution in [0.2, 0.25) is 0 Å². The molecule has 0 aliphatic rings. The average molecular weight is 472 g/mol. The van der Waals surface area contributed by atoms with E-state index in [9.17, 15) is 23.7 Å². The summed E-state index contributed by atoms with van der Waals surface area (Å²) in [6.45, 7) is -1.12. The number of anilines is 1. The molecule has 0 bridgehead atoms. The summed E-state index contributed by atoms with van der Waals surface area (Å²) < 4.78 is 30.2. The Balaban J connectivity index is 1.55. The molecule has 0 saturated heterocycles. The van der Waals surface area contributed by atoms with Crippen molar-refractivity contribution < 1.29 is 23.2 Å². The number of aromatic nitrogens is 4. The highest BCUT2D eigenvalue weighted by Gasteiger charge is 2.20. The summed E-state index contributed by atoms with van der Waals surface area (Å²) in [7, 11) is 0. The lowest BCUT2D eigenvalue weighted by Gasteiger charge is -2.06. The largest absolute Gasteiger partial charge is 0.435 e. The van der Waals surface area contributed by atoms with Crippen LogP contribution in [0, 0.1) is 17.0 Å². The highest BCUT2D eigenvalue weighted by molar-refractivity contribution is 7.16. The number of hydrogen-bond donors (Lipinski definition) is 1. The van der Waals surface area contributed by atoms with Gasteiger partial charge in [0, 0.05) is 22.1 Å². The minimum atomic E-state index is -2.92. The molecule has 0 fully saturated rings. The molecule has 168 valence electrons. The summed E-state index contributed by atoms with van der Waals surface area (Å²) in [5.74, 6) is -0.560. The number of nitrogens with one attached hydrogen (secondary N) is 1. The molecule has 0 saturated carbocycles. The van der Waals surface area contributed by atoms with Crippen LogP contribution in [0.3, 0.4) is 0 Å². The number of alkyl halides is 2. The fraction of sp³-hybridized carbons (Fsp3) is 0.100. The van der Waals surface area contributed by atoms with E-state index in [4.69, 9.17) is 0 Å². The first-order valence-corrected chi connectivity index (χ1v) is 10.1. The normalized spacial score (nSPS) is 10.9. The lowest BCUT2D eigenvalue weighted by Crippen LogP contribution is -2.13. The van der Waals surface area contributed by atoms with Gasteiger partial charge in [0.2, 0.25) is 0 Å². The van der Waals surface area contributed by atoms with Gasteiger partial charge in [0.05, 0.1) is 10.6 Å². The van der Waals surface area contributed by atoms with E-state index in [0.717, 1.165) is 10.9 Å². The van der Waals surface area contributed by atoms with E-state index >= 15 is 0 Å². The molecular weight excluding hydrogens is 458 g/mol. The van der Waals surface area contributed by atoms with Crippen LogP contribution in [0.25, 0.3) is 16.9 Å². The molecule has 1 N–H and O–H groups in total. The van der Waals surface area contributed by atoms with Crippen LogP contribution in [-0.2, 0) is 0 Å². The minimum Gasteiger partial charge on any atom is -0.435 e. The smallest absolute Gasteiger partial charge is 0.387 e. The standard InChI is InChI=1S/C20H14F2N6O4S/c1-11-17(12-2-5-14(6-3-12)32-19(21)22)25-20(33-11)26-18(29)13-4-7-15(16(8-13)28(30)31)27-10-23-9-24-27/h2-10,19H,1H3,(H,25,26,29). The Bertz CT molecular complexity index is 1310. The quantitative estimate of drug-likeness (QED) is 0.311. The minimum absolute atomic E-state index is 0.0195. The van der Waals surface area contributed by atoms with Gasteiger partial charge in [-0.15, -0.1) is 11.3 Å². The van der Waals surface area contributed by atoms with Gasteiger partial charge in [0.25, 0.3) is 11.6 Å². The summed E-state index contributed by atoms with van der Waals surface area (Å²) in [5, 5.41) is 18.3. The molecular formula is C20H14F2N6O4S. The number of thiazole rings is 1. The van der Waals surface area contributed by atoms with E-state index in [0.29, 0.717) is 11.3 Å². The Labute approximate surface area is 188 Å². The molecule has 4 aromatic rings. The topological polar surface area (TPSA) is 125 Å². The van der Waals surface area contributed by atoms with E-state index < -0.39 is 17.4 Å². The van der Waals surface area contributed by atoms with Gasteiger partial charge >= 0.3 is 6.61 Å². The maximum Gasteiger partial charge on any atom is 0.387 e. The van der Waals surface area contributed by atoms with E-state index in [2.05, 4.69) is 25.1 Å².